The molecule has 0 saturated heterocycles. The van der Waals surface area contributed by atoms with Gasteiger partial charge in [0.05, 0.1) is 15.6 Å². The molecule has 2 aromatic heterocycles. The zero-order valence-corrected chi connectivity index (χ0v) is 14.0. The Morgan fingerprint density at radius 1 is 1.19 bits per heavy atom. The van der Waals surface area contributed by atoms with Gasteiger partial charge in [-0.05, 0) is 45.8 Å². The van der Waals surface area contributed by atoms with Crippen LogP contribution in [0.1, 0.15) is 0 Å². The van der Waals surface area contributed by atoms with Gasteiger partial charge in [0.25, 0.3) is 0 Å². The van der Waals surface area contributed by atoms with Gasteiger partial charge in [-0.3, -0.25) is 4.68 Å². The van der Waals surface area contributed by atoms with E-state index in [0.717, 1.165) is 11.1 Å². The van der Waals surface area contributed by atoms with Crippen LogP contribution in [0.2, 0.25) is 10.0 Å². The van der Waals surface area contributed by atoms with Crippen molar-refractivity contribution in [1.29, 1.82) is 0 Å². The summed E-state index contributed by atoms with van der Waals surface area (Å²) >= 11 is 15.3. The predicted molar refractivity (Wildman–Crippen MR) is 88.5 cm³/mol. The molecule has 3 rings (SSSR count). The molecule has 2 N–H and O–H groups in total. The van der Waals surface area contributed by atoms with Crippen molar-refractivity contribution in [3.63, 3.8) is 0 Å². The van der Waals surface area contributed by atoms with Crippen LogP contribution in [0.4, 0.5) is 5.82 Å². The first kappa shape index (κ1) is 14.5. The minimum Gasteiger partial charge on any atom is -0.448 e. The van der Waals surface area contributed by atoms with Gasteiger partial charge in [0.15, 0.2) is 10.4 Å². The SMILES string of the molecule is Cn1nc(-c2ccc(Br)o2)c(-c2ccc(Cl)c(Cl)c2)c1N. The number of nitrogens with zero attached hydrogens (tertiary/aromatic N) is 2. The summed E-state index contributed by atoms with van der Waals surface area (Å²) in [6.45, 7) is 0. The van der Waals surface area contributed by atoms with Crippen molar-refractivity contribution in [2.24, 2.45) is 7.05 Å². The van der Waals surface area contributed by atoms with Gasteiger partial charge in [-0.25, -0.2) is 0 Å². The lowest BCUT2D eigenvalue weighted by Crippen LogP contribution is -1.98. The van der Waals surface area contributed by atoms with E-state index >= 15 is 0 Å². The summed E-state index contributed by atoms with van der Waals surface area (Å²) in [6.07, 6.45) is 0. The minimum absolute atomic E-state index is 0.462. The molecule has 21 heavy (non-hydrogen) atoms. The molecule has 3 aromatic rings. The number of nitrogens with two attached hydrogens (primary N) is 1. The molecule has 0 saturated carbocycles. The van der Waals surface area contributed by atoms with Crippen LogP contribution in [0.15, 0.2) is 39.4 Å². The van der Waals surface area contributed by atoms with Gasteiger partial charge in [0.2, 0.25) is 0 Å². The third-order valence-corrected chi connectivity index (χ3v) is 4.27. The van der Waals surface area contributed by atoms with Crippen LogP contribution in [-0.2, 0) is 7.05 Å². The molecule has 0 unspecified atom stereocenters. The summed E-state index contributed by atoms with van der Waals surface area (Å²) in [6, 6.07) is 8.97. The molecule has 0 aliphatic heterocycles. The zero-order chi connectivity index (χ0) is 15.1. The highest BCUT2D eigenvalue weighted by molar-refractivity contribution is 9.10. The van der Waals surface area contributed by atoms with Crippen LogP contribution in [0.25, 0.3) is 22.6 Å². The molecule has 2 heterocycles. The molecule has 4 nitrogen and oxygen atoms in total. The Morgan fingerprint density at radius 3 is 2.57 bits per heavy atom. The lowest BCUT2D eigenvalue weighted by atomic mass is 10.0. The largest absolute Gasteiger partial charge is 0.448 e. The van der Waals surface area contributed by atoms with E-state index in [1.807, 2.05) is 12.1 Å². The first-order valence-corrected chi connectivity index (χ1v) is 7.56. The standard InChI is InChI=1S/C14H10BrCl2N3O/c1-20-14(18)12(7-2-3-8(16)9(17)6-7)13(19-20)10-4-5-11(15)21-10/h2-6H,18H2,1H3. The number of anilines is 1. The molecule has 0 aliphatic carbocycles. The zero-order valence-electron chi connectivity index (χ0n) is 10.9. The minimum atomic E-state index is 0.462. The van der Waals surface area contributed by atoms with E-state index in [4.69, 9.17) is 33.4 Å². The Morgan fingerprint density at radius 2 is 1.95 bits per heavy atom. The van der Waals surface area contributed by atoms with E-state index in [9.17, 15) is 0 Å². The van der Waals surface area contributed by atoms with Crippen LogP contribution in [0.3, 0.4) is 0 Å². The molecule has 0 atom stereocenters. The molecule has 1 aromatic carbocycles. The fraction of sp³-hybridized carbons (Fsp3) is 0.0714. The number of benzene rings is 1. The van der Waals surface area contributed by atoms with Crippen LogP contribution < -0.4 is 5.73 Å². The molecule has 0 aliphatic rings. The highest BCUT2D eigenvalue weighted by Crippen LogP contribution is 2.39. The second kappa shape index (κ2) is 5.40. The Bertz CT molecular complexity index is 826. The van der Waals surface area contributed by atoms with Gasteiger partial charge < -0.3 is 10.2 Å². The number of aromatic nitrogens is 2. The highest BCUT2D eigenvalue weighted by Gasteiger charge is 2.20. The third kappa shape index (κ3) is 2.57. The van der Waals surface area contributed by atoms with E-state index in [1.165, 1.54) is 0 Å². The summed E-state index contributed by atoms with van der Waals surface area (Å²) in [4.78, 5) is 0. The lowest BCUT2D eigenvalue weighted by molar-refractivity contribution is 0.552. The van der Waals surface area contributed by atoms with Crippen LogP contribution in [-0.4, -0.2) is 9.78 Å². The maximum atomic E-state index is 6.14. The lowest BCUT2D eigenvalue weighted by Gasteiger charge is -2.04. The Balaban J connectivity index is 2.24. The summed E-state index contributed by atoms with van der Waals surface area (Å²) in [5, 5.41) is 5.38. The van der Waals surface area contributed by atoms with Crippen molar-refractivity contribution >= 4 is 44.9 Å². The van der Waals surface area contributed by atoms with E-state index in [1.54, 1.807) is 29.9 Å². The van der Waals surface area contributed by atoms with E-state index in [0.29, 0.717) is 32.0 Å². The number of aryl methyl sites for hydroxylation is 1. The number of hydrogen-bond acceptors (Lipinski definition) is 3. The van der Waals surface area contributed by atoms with Gasteiger partial charge in [0, 0.05) is 7.05 Å². The van der Waals surface area contributed by atoms with Gasteiger partial charge >= 0.3 is 0 Å². The second-order valence-corrected chi connectivity index (χ2v) is 6.06. The van der Waals surface area contributed by atoms with Gasteiger partial charge in [-0.15, -0.1) is 0 Å². The van der Waals surface area contributed by atoms with E-state index < -0.39 is 0 Å². The van der Waals surface area contributed by atoms with Gasteiger partial charge in [-0.1, -0.05) is 29.3 Å². The van der Waals surface area contributed by atoms with Crippen LogP contribution in [0, 0.1) is 0 Å². The maximum absolute atomic E-state index is 6.14. The molecule has 0 amide bonds. The van der Waals surface area contributed by atoms with Crippen molar-refractivity contribution in [1.82, 2.24) is 9.78 Å². The van der Waals surface area contributed by atoms with Crippen molar-refractivity contribution in [3.8, 4) is 22.6 Å². The first-order valence-electron chi connectivity index (χ1n) is 6.01. The Labute approximate surface area is 139 Å². The number of furan rings is 1. The maximum Gasteiger partial charge on any atom is 0.169 e. The number of rotatable bonds is 2. The summed E-state index contributed by atoms with van der Waals surface area (Å²) < 4.78 is 7.81. The smallest absolute Gasteiger partial charge is 0.169 e. The number of hydrogen-bond donors (Lipinski definition) is 1. The number of nitrogen functional groups attached to an aromatic ring is 1. The summed E-state index contributed by atoms with van der Waals surface area (Å²) in [5.41, 5.74) is 8.38. The summed E-state index contributed by atoms with van der Waals surface area (Å²) in [7, 11) is 1.78. The third-order valence-electron chi connectivity index (χ3n) is 3.11. The number of halogens is 3. The van der Waals surface area contributed by atoms with Gasteiger partial charge in [0.1, 0.15) is 11.5 Å². The van der Waals surface area contributed by atoms with Crippen LogP contribution in [0.5, 0.6) is 0 Å². The highest BCUT2D eigenvalue weighted by atomic mass is 79.9. The van der Waals surface area contributed by atoms with Crippen molar-refractivity contribution < 1.29 is 4.42 Å². The first-order chi connectivity index (χ1) is 9.97. The normalized spacial score (nSPS) is 11.0. The quantitative estimate of drug-likeness (QED) is 0.674. The summed E-state index contributed by atoms with van der Waals surface area (Å²) in [5.74, 6) is 1.14. The monoisotopic (exact) mass is 385 g/mol. The van der Waals surface area contributed by atoms with Crippen molar-refractivity contribution in [2.45, 2.75) is 0 Å². The Hall–Kier alpha value is -1.43. The molecule has 0 fully saturated rings. The topological polar surface area (TPSA) is 57.0 Å². The van der Waals surface area contributed by atoms with E-state index in [2.05, 4.69) is 21.0 Å². The van der Waals surface area contributed by atoms with Crippen LogP contribution >= 0.6 is 39.1 Å². The molecular formula is C14H10BrCl2N3O. The molecule has 7 heteroatoms. The Kier molecular flexibility index (Phi) is 3.73. The van der Waals surface area contributed by atoms with Gasteiger partial charge in [-0.2, -0.15) is 5.10 Å². The molecular weight excluding hydrogens is 377 g/mol. The predicted octanol–water partition coefficient (Wildman–Crippen LogP) is 5.00. The second-order valence-electron chi connectivity index (χ2n) is 4.47. The van der Waals surface area contributed by atoms with Crippen molar-refractivity contribution in [2.75, 3.05) is 5.73 Å². The van der Waals surface area contributed by atoms with Crippen molar-refractivity contribution in [3.05, 3.63) is 45.0 Å². The molecule has 108 valence electrons. The molecule has 0 spiro atoms. The fourth-order valence-corrected chi connectivity index (χ4v) is 2.69. The average molecular weight is 387 g/mol. The fourth-order valence-electron chi connectivity index (χ4n) is 2.09. The van der Waals surface area contributed by atoms with E-state index in [-0.39, 0.29) is 0 Å². The molecule has 0 bridgehead atoms. The molecule has 0 radical (unpaired) electrons. The average Bonchev–Trinajstić information content (AvgIpc) is 2.99.